The van der Waals surface area contributed by atoms with E-state index in [2.05, 4.69) is 0 Å². The normalized spacial score (nSPS) is 0. The minimum atomic E-state index is 0. The zero-order valence-electron chi connectivity index (χ0n) is 49.2. The summed E-state index contributed by atoms with van der Waals surface area (Å²) >= 11 is 0. The van der Waals surface area contributed by atoms with Gasteiger partial charge in [-0.15, -0.1) is 0 Å². The molecule has 0 aliphatic rings. The Morgan fingerprint density at radius 2 is 0.00909 bits per heavy atom. The average molecular weight is 5600 g/mol. The Morgan fingerprint density at radius 1 is 0.00909 bits per heavy atom. The molecule has 550 valence electrons. The molecule has 110 heavy (non-hydrogen) atoms. The maximum Gasteiger partial charge on any atom is 0 e. The van der Waals surface area contributed by atoms with E-state index in [0.29, 0.717) is 0 Å². The van der Waals surface area contributed by atoms with Crippen molar-refractivity contribution in [2.45, 2.75) is 0 Å². The first-order valence-electron chi connectivity index (χ1n) is 0. The summed E-state index contributed by atoms with van der Waals surface area (Å²) in [6.45, 7) is 0. The maximum atomic E-state index is 0. The molecule has 0 saturated carbocycles. The Labute approximate surface area is 1980 Å². The Bertz CT molecular complexity index is 0. The number of rotatable bonds is 0. The molecule has 0 unspecified atom stereocenters. The van der Waals surface area contributed by atoms with Gasteiger partial charge in [-0.05, 0) is 0 Å². The third-order valence-corrected chi connectivity index (χ3v) is 0. The van der Waals surface area contributed by atoms with E-state index in [1.807, 2.05) is 0 Å². The van der Waals surface area contributed by atoms with Gasteiger partial charge in [0, 0.05) is 2040 Å². The van der Waals surface area contributed by atoms with E-state index in [1.54, 1.807) is 0 Å². The third kappa shape index (κ3) is 1220. The molecule has 0 aromatic rings. The zero-order chi connectivity index (χ0) is 0. The summed E-state index contributed by atoms with van der Waals surface area (Å²) in [5.41, 5.74) is 0. The summed E-state index contributed by atoms with van der Waals surface area (Å²) in [6, 6.07) is 0. The minimum absolute atomic E-state index is 0. The molecule has 0 rings (SSSR count). The van der Waals surface area contributed by atoms with E-state index in [9.17, 15) is 0 Å². The molecule has 0 aliphatic heterocycles. The van der Waals surface area contributed by atoms with Crippen molar-refractivity contribution < 1.29 is 2040 Å². The third-order valence-electron chi connectivity index (χ3n) is 0. The van der Waals surface area contributed by atoms with Crippen LogP contribution in [0.2, 0.25) is 0 Å². The molecule has 0 heterocycles. The van der Waals surface area contributed by atoms with Crippen molar-refractivity contribution in [3.8, 4) is 0 Å². The topological polar surface area (TPSA) is 0 Å². The van der Waals surface area contributed by atoms with Crippen LogP contribution < -0.4 is 0 Å². The zero-order valence-corrected chi connectivity index (χ0v) is 203. The van der Waals surface area contributed by atoms with Crippen molar-refractivity contribution in [2.75, 3.05) is 0 Å². The van der Waals surface area contributed by atoms with Crippen LogP contribution in [0, 0.1) is 0 Å². The molecule has 0 aliphatic carbocycles. The standard InChI is InChI=1S/110V. The predicted molar refractivity (Wildman–Crippen MR) is 0 cm³/mol. The first kappa shape index (κ1) is 1270. The molecule has 0 aromatic heterocycles. The molecule has 110 heteroatoms. The molecule has 0 spiro atoms. The Balaban J connectivity index is 0. The molecule has 0 bridgehead atoms. The van der Waals surface area contributed by atoms with E-state index in [1.165, 1.54) is 0 Å². The second-order valence-electron chi connectivity index (χ2n) is 0. The maximum absolute atomic E-state index is 0. The predicted octanol–water partition coefficient (Wildman–Crippen LogP) is -0.275. The van der Waals surface area contributed by atoms with Gasteiger partial charge in [-0.25, -0.2) is 0 Å². The Morgan fingerprint density at radius 3 is 0.00909 bits per heavy atom. The SMILES string of the molecule is [V].[V].[V].[V].[V].[V].[V].[V].[V].[V].[V].[V].[V].[V].[V].[V].[V].[V].[V].[V].[V].[V].[V].[V].[V].[V].[V].[V].[V].[V].[V].[V].[V].[V].[V].[V].[V].[V].[V].[V].[V].[V].[V].[V].[V].[V].[V].[V].[V].[V].[V].[V].[V].[V].[V].[V].[V].[V].[V].[V].[V].[V].[V].[V].[V].[V].[V].[V].[V].[V].[V].[V].[V].[V].[V].[V].[V].[V].[V].[V].[V].[V].[V].[V].[V].[V].[V].[V].[V].[V].[V].[V].[V].[V].[V].[V].[V].[V].[V].[V].[V].[V].[V].[V].[V].[V].[V].[V].[V].[V]. The summed E-state index contributed by atoms with van der Waals surface area (Å²) in [5.74, 6) is 0. The molecule has 0 fully saturated rings. The first-order chi connectivity index (χ1) is 0. The summed E-state index contributed by atoms with van der Waals surface area (Å²) in [5, 5.41) is 0. The smallest absolute Gasteiger partial charge is 0 e. The van der Waals surface area contributed by atoms with Crippen molar-refractivity contribution in [2.24, 2.45) is 0 Å². The second kappa shape index (κ2) is 1240. The molecular weight excluding hydrogens is 5600 g/mol. The van der Waals surface area contributed by atoms with Crippen LogP contribution in [0.3, 0.4) is 0 Å². The van der Waals surface area contributed by atoms with E-state index in [0.717, 1.165) is 0 Å². The van der Waals surface area contributed by atoms with Crippen LogP contribution in [0.1, 0.15) is 0 Å². The summed E-state index contributed by atoms with van der Waals surface area (Å²) in [6.07, 6.45) is 0. The van der Waals surface area contributed by atoms with Gasteiger partial charge in [-0.1, -0.05) is 0 Å². The first-order valence-corrected chi connectivity index (χ1v) is 0. The van der Waals surface area contributed by atoms with Gasteiger partial charge in [-0.3, -0.25) is 0 Å². The van der Waals surface area contributed by atoms with E-state index < -0.39 is 0 Å². The molecule has 0 amide bonds. The summed E-state index contributed by atoms with van der Waals surface area (Å²) < 4.78 is 0. The van der Waals surface area contributed by atoms with Crippen molar-refractivity contribution in [3.05, 3.63) is 0 Å². The minimum Gasteiger partial charge on any atom is 0 e. The van der Waals surface area contributed by atoms with Crippen molar-refractivity contribution >= 4 is 0 Å². The molecule has 0 saturated heterocycles. The van der Waals surface area contributed by atoms with Crippen LogP contribution in [-0.4, -0.2) is 0 Å². The quantitative estimate of drug-likeness (QED) is 0.314. The molecular formula is V110. The molecule has 0 nitrogen and oxygen atoms in total. The largest absolute Gasteiger partial charge is 0 e. The van der Waals surface area contributed by atoms with Gasteiger partial charge in [0.2, 0.25) is 0 Å². The van der Waals surface area contributed by atoms with Crippen LogP contribution in [0.4, 0.5) is 0 Å². The van der Waals surface area contributed by atoms with Crippen LogP contribution >= 0.6 is 0 Å². The Kier molecular flexibility index (Phi) is 14300. The fourth-order valence-corrected chi connectivity index (χ4v) is 0. The van der Waals surface area contributed by atoms with Gasteiger partial charge < -0.3 is 0 Å². The van der Waals surface area contributed by atoms with Crippen LogP contribution in [0.25, 0.3) is 0 Å². The molecule has 110 radical (unpaired) electrons. The fourth-order valence-electron chi connectivity index (χ4n) is 0. The second-order valence-corrected chi connectivity index (χ2v) is 0. The van der Waals surface area contributed by atoms with Crippen LogP contribution in [-0.2, 0) is 2040 Å². The van der Waals surface area contributed by atoms with E-state index in [-0.39, 0.29) is 2040 Å². The van der Waals surface area contributed by atoms with Gasteiger partial charge >= 0.3 is 0 Å². The van der Waals surface area contributed by atoms with Crippen molar-refractivity contribution in [3.63, 3.8) is 0 Å². The fraction of sp³-hybridized carbons (Fsp3) is 0. The summed E-state index contributed by atoms with van der Waals surface area (Å²) in [7, 11) is 0. The van der Waals surface area contributed by atoms with Crippen molar-refractivity contribution in [1.29, 1.82) is 0 Å². The van der Waals surface area contributed by atoms with Gasteiger partial charge in [0.15, 0.2) is 0 Å². The average Bonchev–Trinajstić information content (AvgIpc) is 0. The van der Waals surface area contributed by atoms with Crippen LogP contribution in [0.15, 0.2) is 0 Å². The summed E-state index contributed by atoms with van der Waals surface area (Å²) in [4.78, 5) is 0. The van der Waals surface area contributed by atoms with E-state index in [4.69, 9.17) is 0 Å². The van der Waals surface area contributed by atoms with Gasteiger partial charge in [0.1, 0.15) is 0 Å². The number of hydrogen-bond donors (Lipinski definition) is 0. The molecule has 0 N–H and O–H groups in total. The number of hydrogen-bond acceptors (Lipinski definition) is 0. The Hall–Kier alpha value is 64.3. The van der Waals surface area contributed by atoms with Crippen LogP contribution in [0.5, 0.6) is 0 Å². The molecule has 0 aromatic carbocycles. The monoisotopic (exact) mass is 5600 g/mol. The van der Waals surface area contributed by atoms with Crippen molar-refractivity contribution in [1.82, 2.24) is 0 Å². The van der Waals surface area contributed by atoms with Gasteiger partial charge in [-0.2, -0.15) is 0 Å². The van der Waals surface area contributed by atoms with E-state index >= 15 is 0 Å². The molecule has 0 atom stereocenters. The van der Waals surface area contributed by atoms with Gasteiger partial charge in [0.05, 0.1) is 0 Å². The van der Waals surface area contributed by atoms with Gasteiger partial charge in [0.25, 0.3) is 0 Å².